The van der Waals surface area contributed by atoms with E-state index in [0.29, 0.717) is 12.2 Å². The molecule has 1 heterocycles. The van der Waals surface area contributed by atoms with Crippen molar-refractivity contribution < 1.29 is 14.7 Å². The van der Waals surface area contributed by atoms with Gasteiger partial charge in [0, 0.05) is 18.8 Å². The second-order valence-corrected chi connectivity index (χ2v) is 4.14. The van der Waals surface area contributed by atoms with Crippen LogP contribution in [0.1, 0.15) is 12.0 Å². The first-order valence-electron chi connectivity index (χ1n) is 5.75. The fourth-order valence-electron chi connectivity index (χ4n) is 1.86. The van der Waals surface area contributed by atoms with Crippen molar-refractivity contribution in [2.24, 2.45) is 0 Å². The smallest absolute Gasteiger partial charge is 0.409 e. The van der Waals surface area contributed by atoms with Gasteiger partial charge in [-0.25, -0.2) is 4.79 Å². The highest BCUT2D eigenvalue weighted by atomic mass is 16.4. The summed E-state index contributed by atoms with van der Waals surface area (Å²) in [5.41, 5.74) is 1.54. The predicted molar refractivity (Wildman–Crippen MR) is 66.3 cm³/mol. The third-order valence-electron chi connectivity index (χ3n) is 2.81. The van der Waals surface area contributed by atoms with Crippen LogP contribution in [0.4, 0.5) is 10.5 Å². The van der Waals surface area contributed by atoms with Crippen LogP contribution in [-0.2, 0) is 11.3 Å². The fraction of sp³-hybridized carbons (Fsp3) is 0.333. The Bertz CT molecular complexity index is 444. The number of hydrogen-bond donors (Lipinski definition) is 4. The van der Waals surface area contributed by atoms with Gasteiger partial charge in [-0.3, -0.25) is 10.1 Å². The maximum absolute atomic E-state index is 11.3. The van der Waals surface area contributed by atoms with Gasteiger partial charge in [0.2, 0.25) is 5.91 Å². The van der Waals surface area contributed by atoms with Gasteiger partial charge in [0.1, 0.15) is 0 Å². The third-order valence-corrected chi connectivity index (χ3v) is 2.81. The summed E-state index contributed by atoms with van der Waals surface area (Å²) in [6.45, 7) is 1.31. The molecule has 0 aliphatic carbocycles. The van der Waals surface area contributed by atoms with Crippen LogP contribution in [0.3, 0.4) is 0 Å². The number of amides is 2. The lowest BCUT2D eigenvalue weighted by molar-refractivity contribution is -0.120. The SMILES string of the molecule is O=C(O)Nc1ccc(CNC2CCNC2=O)cc1. The van der Waals surface area contributed by atoms with Gasteiger partial charge in [-0.1, -0.05) is 12.1 Å². The molecular weight excluding hydrogens is 234 g/mol. The van der Waals surface area contributed by atoms with Crippen LogP contribution in [-0.4, -0.2) is 29.7 Å². The second-order valence-electron chi connectivity index (χ2n) is 4.14. The van der Waals surface area contributed by atoms with Crippen molar-refractivity contribution in [2.75, 3.05) is 11.9 Å². The maximum atomic E-state index is 11.3. The third kappa shape index (κ3) is 3.21. The quantitative estimate of drug-likeness (QED) is 0.634. The Morgan fingerprint density at radius 3 is 2.67 bits per heavy atom. The van der Waals surface area contributed by atoms with Gasteiger partial charge in [-0.05, 0) is 24.1 Å². The lowest BCUT2D eigenvalue weighted by Crippen LogP contribution is -2.35. The molecule has 0 radical (unpaired) electrons. The molecule has 0 aromatic heterocycles. The normalized spacial score (nSPS) is 18.4. The summed E-state index contributed by atoms with van der Waals surface area (Å²) in [5.74, 6) is 0.0409. The van der Waals surface area contributed by atoms with Crippen molar-refractivity contribution in [1.29, 1.82) is 0 Å². The molecule has 6 heteroatoms. The Morgan fingerprint density at radius 2 is 2.11 bits per heavy atom. The van der Waals surface area contributed by atoms with E-state index in [1.165, 1.54) is 0 Å². The van der Waals surface area contributed by atoms with E-state index in [0.717, 1.165) is 18.5 Å². The van der Waals surface area contributed by atoms with E-state index in [9.17, 15) is 9.59 Å². The lowest BCUT2D eigenvalue weighted by atomic mass is 10.2. The number of rotatable bonds is 4. The number of carbonyl (C=O) groups excluding carboxylic acids is 1. The topological polar surface area (TPSA) is 90.5 Å². The van der Waals surface area contributed by atoms with Gasteiger partial charge < -0.3 is 15.7 Å². The highest BCUT2D eigenvalue weighted by molar-refractivity contribution is 5.83. The standard InChI is InChI=1S/C12H15N3O3/c16-11-10(5-6-13-11)14-7-8-1-3-9(4-2-8)15-12(17)18/h1-4,10,14-15H,5-7H2,(H,13,16)(H,17,18). The molecule has 0 spiro atoms. The number of hydrogen-bond acceptors (Lipinski definition) is 3. The highest BCUT2D eigenvalue weighted by Crippen LogP contribution is 2.10. The summed E-state index contributed by atoms with van der Waals surface area (Å²) < 4.78 is 0. The number of carbonyl (C=O) groups is 2. The van der Waals surface area contributed by atoms with Gasteiger partial charge in [-0.15, -0.1) is 0 Å². The molecule has 96 valence electrons. The molecule has 1 atom stereocenters. The average molecular weight is 249 g/mol. The van der Waals surface area contributed by atoms with Crippen LogP contribution in [0.15, 0.2) is 24.3 Å². The summed E-state index contributed by atoms with van der Waals surface area (Å²) in [7, 11) is 0. The molecule has 2 rings (SSSR count). The number of anilines is 1. The summed E-state index contributed by atoms with van der Waals surface area (Å²) in [4.78, 5) is 21.7. The van der Waals surface area contributed by atoms with E-state index in [4.69, 9.17) is 5.11 Å². The molecule has 0 bridgehead atoms. The molecule has 4 N–H and O–H groups in total. The first-order chi connectivity index (χ1) is 8.65. The zero-order valence-corrected chi connectivity index (χ0v) is 9.77. The Kier molecular flexibility index (Phi) is 3.78. The molecule has 1 aromatic rings. The van der Waals surface area contributed by atoms with E-state index < -0.39 is 6.09 Å². The van der Waals surface area contributed by atoms with Crippen LogP contribution >= 0.6 is 0 Å². The van der Waals surface area contributed by atoms with Crippen molar-refractivity contribution in [2.45, 2.75) is 19.0 Å². The van der Waals surface area contributed by atoms with E-state index in [2.05, 4.69) is 16.0 Å². The van der Waals surface area contributed by atoms with Crippen LogP contribution in [0.5, 0.6) is 0 Å². The Balaban J connectivity index is 1.86. The zero-order valence-electron chi connectivity index (χ0n) is 9.77. The van der Waals surface area contributed by atoms with E-state index in [1.54, 1.807) is 12.1 Å². The van der Waals surface area contributed by atoms with Crippen molar-refractivity contribution in [3.63, 3.8) is 0 Å². The van der Waals surface area contributed by atoms with Gasteiger partial charge in [0.15, 0.2) is 0 Å². The first kappa shape index (κ1) is 12.4. The van der Waals surface area contributed by atoms with Crippen LogP contribution in [0.25, 0.3) is 0 Å². The summed E-state index contributed by atoms with van der Waals surface area (Å²) in [6, 6.07) is 6.91. The Labute approximate surface area is 104 Å². The molecule has 18 heavy (non-hydrogen) atoms. The second kappa shape index (κ2) is 5.50. The largest absolute Gasteiger partial charge is 0.465 e. The minimum atomic E-state index is -1.08. The molecule has 0 saturated carbocycles. The Morgan fingerprint density at radius 1 is 1.39 bits per heavy atom. The van der Waals surface area contributed by atoms with E-state index in [1.807, 2.05) is 12.1 Å². The highest BCUT2D eigenvalue weighted by Gasteiger charge is 2.22. The van der Waals surface area contributed by atoms with Crippen molar-refractivity contribution in [1.82, 2.24) is 10.6 Å². The minimum Gasteiger partial charge on any atom is -0.465 e. The Hall–Kier alpha value is -2.08. The molecule has 1 unspecified atom stereocenters. The predicted octanol–water partition coefficient (Wildman–Crippen LogP) is 0.755. The summed E-state index contributed by atoms with van der Waals surface area (Å²) in [5, 5.41) is 16.7. The molecule has 6 nitrogen and oxygen atoms in total. The van der Waals surface area contributed by atoms with Gasteiger partial charge in [0.25, 0.3) is 0 Å². The summed E-state index contributed by atoms with van der Waals surface area (Å²) >= 11 is 0. The van der Waals surface area contributed by atoms with Gasteiger partial charge in [0.05, 0.1) is 6.04 Å². The van der Waals surface area contributed by atoms with E-state index in [-0.39, 0.29) is 11.9 Å². The molecule has 2 amide bonds. The first-order valence-corrected chi connectivity index (χ1v) is 5.75. The summed E-state index contributed by atoms with van der Waals surface area (Å²) in [6.07, 6.45) is -0.277. The van der Waals surface area contributed by atoms with E-state index >= 15 is 0 Å². The van der Waals surface area contributed by atoms with Crippen molar-refractivity contribution >= 4 is 17.7 Å². The fourth-order valence-corrected chi connectivity index (χ4v) is 1.86. The molecule has 1 fully saturated rings. The van der Waals surface area contributed by atoms with Crippen LogP contribution in [0, 0.1) is 0 Å². The molecule has 1 aliphatic heterocycles. The zero-order chi connectivity index (χ0) is 13.0. The van der Waals surface area contributed by atoms with Crippen LogP contribution < -0.4 is 16.0 Å². The monoisotopic (exact) mass is 249 g/mol. The molecular formula is C12H15N3O3. The lowest BCUT2D eigenvalue weighted by Gasteiger charge is -2.10. The molecule has 1 saturated heterocycles. The molecule has 1 aliphatic rings. The number of nitrogens with one attached hydrogen (secondary N) is 3. The molecule has 1 aromatic carbocycles. The number of carboxylic acid groups (broad SMARTS) is 1. The van der Waals surface area contributed by atoms with Crippen molar-refractivity contribution in [3.8, 4) is 0 Å². The van der Waals surface area contributed by atoms with Gasteiger partial charge in [-0.2, -0.15) is 0 Å². The van der Waals surface area contributed by atoms with Crippen molar-refractivity contribution in [3.05, 3.63) is 29.8 Å². The minimum absolute atomic E-state index is 0.0409. The van der Waals surface area contributed by atoms with Gasteiger partial charge >= 0.3 is 6.09 Å². The van der Waals surface area contributed by atoms with Crippen LogP contribution in [0.2, 0.25) is 0 Å². The maximum Gasteiger partial charge on any atom is 0.409 e. The number of benzene rings is 1. The average Bonchev–Trinajstić information content (AvgIpc) is 2.73.